The number of rotatable bonds is 8. The first-order valence-corrected chi connectivity index (χ1v) is 10.3. The molecule has 1 unspecified atom stereocenters. The Hall–Kier alpha value is -2.90. The van der Waals surface area contributed by atoms with Gasteiger partial charge in [-0.05, 0) is 49.2 Å². The van der Waals surface area contributed by atoms with Crippen molar-refractivity contribution in [3.05, 3.63) is 60.2 Å². The summed E-state index contributed by atoms with van der Waals surface area (Å²) in [5.74, 6) is 0.486. The molecule has 1 aliphatic heterocycles. The van der Waals surface area contributed by atoms with Gasteiger partial charge in [-0.25, -0.2) is 0 Å². The Morgan fingerprint density at radius 3 is 2.40 bits per heavy atom. The van der Waals surface area contributed by atoms with Gasteiger partial charge >= 0.3 is 0 Å². The summed E-state index contributed by atoms with van der Waals surface area (Å²) in [6.45, 7) is 3.83. The van der Waals surface area contributed by atoms with E-state index in [0.717, 1.165) is 25.9 Å². The molecule has 0 aromatic heterocycles. The number of nitrogens with zero attached hydrogens (tertiary/aromatic N) is 1. The van der Waals surface area contributed by atoms with Crippen LogP contribution in [0.3, 0.4) is 0 Å². The van der Waals surface area contributed by atoms with E-state index in [4.69, 9.17) is 4.74 Å². The van der Waals surface area contributed by atoms with E-state index in [9.17, 15) is 14.7 Å². The van der Waals surface area contributed by atoms with Crippen LogP contribution >= 0.6 is 0 Å². The zero-order valence-corrected chi connectivity index (χ0v) is 17.2. The summed E-state index contributed by atoms with van der Waals surface area (Å²) < 4.78 is 5.65. The highest BCUT2D eigenvalue weighted by atomic mass is 16.5. The molecule has 0 bridgehead atoms. The van der Waals surface area contributed by atoms with Crippen molar-refractivity contribution in [1.82, 2.24) is 10.2 Å². The van der Waals surface area contributed by atoms with E-state index in [2.05, 4.69) is 15.5 Å². The van der Waals surface area contributed by atoms with Gasteiger partial charge in [-0.15, -0.1) is 0 Å². The van der Waals surface area contributed by atoms with Gasteiger partial charge in [-0.3, -0.25) is 9.59 Å². The topological polar surface area (TPSA) is 90.9 Å². The molecule has 1 aliphatic rings. The van der Waals surface area contributed by atoms with Crippen molar-refractivity contribution in [3.8, 4) is 5.75 Å². The van der Waals surface area contributed by atoms with Crippen molar-refractivity contribution in [2.75, 3.05) is 31.6 Å². The maximum absolute atomic E-state index is 12.3. The third-order valence-corrected chi connectivity index (χ3v) is 5.04. The second kappa shape index (κ2) is 10.8. The average Bonchev–Trinajstić information content (AvgIpc) is 2.75. The number of amides is 2. The summed E-state index contributed by atoms with van der Waals surface area (Å²) in [6, 6.07) is 16.4. The molecule has 1 atom stereocenters. The van der Waals surface area contributed by atoms with Gasteiger partial charge in [0.15, 0.2) is 0 Å². The summed E-state index contributed by atoms with van der Waals surface area (Å²) in [6.07, 6.45) is 1.11. The van der Waals surface area contributed by atoms with Gasteiger partial charge in [-0.2, -0.15) is 0 Å². The first-order valence-electron chi connectivity index (χ1n) is 10.3. The van der Waals surface area contributed by atoms with Crippen LogP contribution in [-0.2, 0) is 4.79 Å². The number of aliphatic hydroxyl groups excluding tert-OH is 1. The number of aliphatic hydroxyl groups is 1. The molecule has 3 N–H and O–H groups in total. The highest BCUT2D eigenvalue weighted by Gasteiger charge is 2.22. The highest BCUT2D eigenvalue weighted by molar-refractivity contribution is 5.94. The van der Waals surface area contributed by atoms with Crippen molar-refractivity contribution >= 4 is 17.5 Å². The number of ether oxygens (including phenoxy) is 1. The molecule has 7 heteroatoms. The molecule has 7 nitrogen and oxygen atoms in total. The SMILES string of the molecule is CC(=O)Nc1ccc(OCC(O)CN2CCC(NC(=O)c3ccccc3)CC2)cc1. The maximum atomic E-state index is 12.3. The Kier molecular flexibility index (Phi) is 7.82. The molecule has 0 radical (unpaired) electrons. The molecule has 0 aliphatic carbocycles. The monoisotopic (exact) mass is 411 g/mol. The lowest BCUT2D eigenvalue weighted by Gasteiger charge is -2.33. The minimum atomic E-state index is -0.601. The third kappa shape index (κ3) is 6.86. The Bertz CT molecular complexity index is 818. The van der Waals surface area contributed by atoms with Crippen LogP contribution in [0.2, 0.25) is 0 Å². The van der Waals surface area contributed by atoms with E-state index < -0.39 is 6.10 Å². The number of carbonyl (C=O) groups is 2. The number of carbonyl (C=O) groups excluding carboxylic acids is 2. The smallest absolute Gasteiger partial charge is 0.251 e. The highest BCUT2D eigenvalue weighted by Crippen LogP contribution is 2.16. The van der Waals surface area contributed by atoms with Crippen LogP contribution < -0.4 is 15.4 Å². The maximum Gasteiger partial charge on any atom is 0.251 e. The van der Waals surface area contributed by atoms with Gasteiger partial charge in [0.2, 0.25) is 5.91 Å². The molecule has 2 amide bonds. The summed E-state index contributed by atoms with van der Waals surface area (Å²) in [7, 11) is 0. The van der Waals surface area contributed by atoms with Crippen molar-refractivity contribution in [3.63, 3.8) is 0 Å². The number of β-amino-alcohol motifs (C(OH)–C–C–N with tert-alkyl or cyclic N) is 1. The summed E-state index contributed by atoms with van der Waals surface area (Å²) in [5.41, 5.74) is 1.38. The molecule has 2 aromatic carbocycles. The van der Waals surface area contributed by atoms with Crippen molar-refractivity contribution in [2.24, 2.45) is 0 Å². The lowest BCUT2D eigenvalue weighted by Crippen LogP contribution is -2.47. The average molecular weight is 412 g/mol. The van der Waals surface area contributed by atoms with Crippen LogP contribution in [0.5, 0.6) is 5.75 Å². The number of piperidine rings is 1. The van der Waals surface area contributed by atoms with Crippen LogP contribution in [0.15, 0.2) is 54.6 Å². The van der Waals surface area contributed by atoms with Crippen molar-refractivity contribution in [1.29, 1.82) is 0 Å². The molecule has 1 saturated heterocycles. The first kappa shape index (κ1) is 21.8. The first-order chi connectivity index (χ1) is 14.5. The number of likely N-dealkylation sites (tertiary alicyclic amines) is 1. The minimum Gasteiger partial charge on any atom is -0.491 e. The fraction of sp³-hybridized carbons (Fsp3) is 0.391. The standard InChI is InChI=1S/C23H29N3O4/c1-17(27)24-19-7-9-22(10-8-19)30-16-21(28)15-26-13-11-20(12-14-26)25-23(29)18-5-3-2-4-6-18/h2-10,20-21,28H,11-16H2,1H3,(H,24,27)(H,25,29). The van der Waals surface area contributed by atoms with Crippen molar-refractivity contribution in [2.45, 2.75) is 31.9 Å². The number of hydrogen-bond acceptors (Lipinski definition) is 5. The molecule has 1 heterocycles. The quantitative estimate of drug-likeness (QED) is 0.620. The van der Waals surface area contributed by atoms with Gasteiger partial charge in [0, 0.05) is 43.9 Å². The van der Waals surface area contributed by atoms with Gasteiger partial charge in [-0.1, -0.05) is 18.2 Å². The van der Waals surface area contributed by atoms with E-state index in [1.807, 2.05) is 30.3 Å². The van der Waals surface area contributed by atoms with E-state index in [1.165, 1.54) is 6.92 Å². The second-order valence-corrected chi connectivity index (χ2v) is 7.58. The molecule has 1 fully saturated rings. The Morgan fingerprint density at radius 2 is 1.77 bits per heavy atom. The lowest BCUT2D eigenvalue weighted by atomic mass is 10.0. The Balaban J connectivity index is 1.35. The van der Waals surface area contributed by atoms with Gasteiger partial charge < -0.3 is 25.4 Å². The second-order valence-electron chi connectivity index (χ2n) is 7.58. The van der Waals surface area contributed by atoms with Crippen LogP contribution in [0.1, 0.15) is 30.1 Å². The third-order valence-electron chi connectivity index (χ3n) is 5.04. The van der Waals surface area contributed by atoms with Gasteiger partial charge in [0.05, 0.1) is 0 Å². The fourth-order valence-electron chi connectivity index (χ4n) is 3.50. The Labute approximate surface area is 177 Å². The van der Waals surface area contributed by atoms with Crippen LogP contribution in [0, 0.1) is 0 Å². The predicted molar refractivity (Wildman–Crippen MR) is 116 cm³/mol. The molecular weight excluding hydrogens is 382 g/mol. The largest absolute Gasteiger partial charge is 0.491 e. The van der Waals surface area contributed by atoms with Crippen molar-refractivity contribution < 1.29 is 19.4 Å². The zero-order valence-electron chi connectivity index (χ0n) is 17.2. The molecular formula is C23H29N3O4. The number of benzene rings is 2. The summed E-state index contributed by atoms with van der Waals surface area (Å²) in [4.78, 5) is 25.5. The van der Waals surface area contributed by atoms with Crippen LogP contribution in [-0.4, -0.2) is 60.2 Å². The Morgan fingerprint density at radius 1 is 1.10 bits per heavy atom. The van der Waals surface area contributed by atoms with E-state index in [1.54, 1.807) is 24.3 Å². The minimum absolute atomic E-state index is 0.0352. The molecule has 30 heavy (non-hydrogen) atoms. The number of anilines is 1. The summed E-state index contributed by atoms with van der Waals surface area (Å²) in [5, 5.41) is 16.1. The number of hydrogen-bond donors (Lipinski definition) is 3. The zero-order chi connectivity index (χ0) is 21.3. The van der Waals surface area contributed by atoms with Crippen LogP contribution in [0.4, 0.5) is 5.69 Å². The predicted octanol–water partition coefficient (Wildman–Crippen LogP) is 2.28. The normalized spacial score (nSPS) is 15.9. The van der Waals surface area contributed by atoms with E-state index in [0.29, 0.717) is 23.5 Å². The number of nitrogens with one attached hydrogen (secondary N) is 2. The van der Waals surface area contributed by atoms with Gasteiger partial charge in [0.25, 0.3) is 5.91 Å². The molecule has 160 valence electrons. The van der Waals surface area contributed by atoms with Crippen LogP contribution in [0.25, 0.3) is 0 Å². The molecule has 3 rings (SSSR count). The molecule has 0 saturated carbocycles. The molecule has 2 aromatic rings. The van der Waals surface area contributed by atoms with Gasteiger partial charge in [0.1, 0.15) is 18.5 Å². The van der Waals surface area contributed by atoms with E-state index in [-0.39, 0.29) is 24.5 Å². The lowest BCUT2D eigenvalue weighted by molar-refractivity contribution is -0.114. The summed E-state index contributed by atoms with van der Waals surface area (Å²) >= 11 is 0. The molecule has 0 spiro atoms. The fourth-order valence-corrected chi connectivity index (χ4v) is 3.50. The van der Waals surface area contributed by atoms with E-state index >= 15 is 0 Å².